The highest BCUT2D eigenvalue weighted by atomic mass is 32.1. The molecule has 0 bridgehead atoms. The molecule has 0 saturated heterocycles. The lowest BCUT2D eigenvalue weighted by atomic mass is 10.2. The predicted molar refractivity (Wildman–Crippen MR) is 78.4 cm³/mol. The van der Waals surface area contributed by atoms with E-state index >= 15 is 0 Å². The van der Waals surface area contributed by atoms with E-state index in [0.717, 1.165) is 32.8 Å². The van der Waals surface area contributed by atoms with Gasteiger partial charge in [0, 0.05) is 4.88 Å². The molecule has 0 radical (unpaired) electrons. The zero-order valence-corrected chi connectivity index (χ0v) is 12.5. The van der Waals surface area contributed by atoms with Gasteiger partial charge in [-0.25, -0.2) is 9.97 Å². The topological polar surface area (TPSA) is 35.0 Å². The zero-order chi connectivity index (χ0) is 15.9. The van der Waals surface area contributed by atoms with Crippen LogP contribution >= 0.6 is 11.3 Å². The van der Waals surface area contributed by atoms with Crippen LogP contribution in [0.5, 0.6) is 11.6 Å². The molecule has 0 N–H and O–H groups in total. The number of hydrogen-bond donors (Lipinski definition) is 0. The molecule has 0 saturated carbocycles. The van der Waals surface area contributed by atoms with Gasteiger partial charge in [0.25, 0.3) is 0 Å². The van der Waals surface area contributed by atoms with Gasteiger partial charge in [0.15, 0.2) is 0 Å². The highest BCUT2D eigenvalue weighted by molar-refractivity contribution is 7.18. The molecule has 0 atom stereocenters. The number of benzene rings is 1. The molecule has 3 rings (SSSR count). The van der Waals surface area contributed by atoms with Crippen molar-refractivity contribution in [1.82, 2.24) is 9.97 Å². The van der Waals surface area contributed by atoms with Gasteiger partial charge in [0.2, 0.25) is 5.88 Å². The summed E-state index contributed by atoms with van der Waals surface area (Å²) in [6.07, 6.45) is -3.06. The van der Waals surface area contributed by atoms with Gasteiger partial charge in [-0.3, -0.25) is 0 Å². The zero-order valence-electron chi connectivity index (χ0n) is 11.7. The summed E-state index contributed by atoms with van der Waals surface area (Å²) in [5.41, 5.74) is 0.219. The van der Waals surface area contributed by atoms with Crippen molar-refractivity contribution < 1.29 is 17.9 Å². The van der Waals surface area contributed by atoms with Gasteiger partial charge in [-0.05, 0) is 37.6 Å². The molecular formula is C15H11F3N2OS. The van der Waals surface area contributed by atoms with E-state index in [0.29, 0.717) is 0 Å². The van der Waals surface area contributed by atoms with Gasteiger partial charge in [-0.1, -0.05) is 6.07 Å². The average Bonchev–Trinajstić information content (AvgIpc) is 2.75. The lowest BCUT2D eigenvalue weighted by Crippen LogP contribution is -2.04. The standard InChI is InChI=1S/C15H11F3N2OS/c1-8-9(2)22-14-12(8)13(19-7-20-14)21-11-5-3-4-10(6-11)15(16,17)18/h3-7H,1-2H3. The second-order valence-electron chi connectivity index (χ2n) is 4.77. The Hall–Kier alpha value is -2.15. The number of thiophene rings is 1. The molecule has 0 aliphatic carbocycles. The normalized spacial score (nSPS) is 11.9. The van der Waals surface area contributed by atoms with Gasteiger partial charge < -0.3 is 4.74 Å². The molecule has 22 heavy (non-hydrogen) atoms. The molecule has 3 nitrogen and oxygen atoms in total. The minimum atomic E-state index is -4.41. The van der Waals surface area contributed by atoms with Crippen molar-refractivity contribution in [3.8, 4) is 11.6 Å². The fourth-order valence-corrected chi connectivity index (χ4v) is 3.06. The Morgan fingerprint density at radius 3 is 2.64 bits per heavy atom. The van der Waals surface area contributed by atoms with Gasteiger partial charge in [0.05, 0.1) is 10.9 Å². The quantitative estimate of drug-likeness (QED) is 0.656. The fraction of sp³-hybridized carbons (Fsp3) is 0.200. The Morgan fingerprint density at radius 2 is 1.91 bits per heavy atom. The number of alkyl halides is 3. The average molecular weight is 324 g/mol. The van der Waals surface area contributed by atoms with Crippen LogP contribution in [0, 0.1) is 13.8 Å². The summed E-state index contributed by atoms with van der Waals surface area (Å²) in [7, 11) is 0. The van der Waals surface area contributed by atoms with E-state index in [1.807, 2.05) is 13.8 Å². The van der Waals surface area contributed by atoms with Crippen LogP contribution in [0.2, 0.25) is 0 Å². The van der Waals surface area contributed by atoms with Crippen LogP contribution in [0.3, 0.4) is 0 Å². The molecule has 7 heteroatoms. The van der Waals surface area contributed by atoms with E-state index in [9.17, 15) is 13.2 Å². The van der Waals surface area contributed by atoms with E-state index < -0.39 is 11.7 Å². The van der Waals surface area contributed by atoms with E-state index in [2.05, 4.69) is 9.97 Å². The third-order valence-electron chi connectivity index (χ3n) is 3.31. The molecule has 0 spiro atoms. The molecule has 0 fully saturated rings. The van der Waals surface area contributed by atoms with E-state index in [1.54, 1.807) is 0 Å². The summed E-state index contributed by atoms with van der Waals surface area (Å²) in [5.74, 6) is 0.365. The van der Waals surface area contributed by atoms with Crippen molar-refractivity contribution in [3.63, 3.8) is 0 Å². The van der Waals surface area contributed by atoms with Crippen LogP contribution < -0.4 is 4.74 Å². The first kappa shape index (κ1) is 14.8. The van der Waals surface area contributed by atoms with Gasteiger partial charge >= 0.3 is 6.18 Å². The van der Waals surface area contributed by atoms with Crippen molar-refractivity contribution in [3.05, 3.63) is 46.6 Å². The summed E-state index contributed by atoms with van der Waals surface area (Å²) >= 11 is 1.50. The first-order chi connectivity index (χ1) is 10.4. The lowest BCUT2D eigenvalue weighted by Gasteiger charge is -2.10. The van der Waals surface area contributed by atoms with Gasteiger partial charge in [-0.2, -0.15) is 13.2 Å². The molecular weight excluding hydrogens is 313 g/mol. The van der Waals surface area contributed by atoms with Gasteiger partial charge in [-0.15, -0.1) is 11.3 Å². The number of ether oxygens (including phenoxy) is 1. The monoisotopic (exact) mass is 324 g/mol. The number of fused-ring (bicyclic) bond motifs is 1. The fourth-order valence-electron chi connectivity index (χ4n) is 2.08. The SMILES string of the molecule is Cc1sc2ncnc(Oc3cccc(C(F)(F)F)c3)c2c1C. The Bertz CT molecular complexity index is 842. The van der Waals surface area contributed by atoms with Crippen LogP contribution in [0.15, 0.2) is 30.6 Å². The largest absolute Gasteiger partial charge is 0.438 e. The van der Waals surface area contributed by atoms with E-state index in [4.69, 9.17) is 4.74 Å². The number of rotatable bonds is 2. The lowest BCUT2D eigenvalue weighted by molar-refractivity contribution is -0.137. The summed E-state index contributed by atoms with van der Waals surface area (Å²) < 4.78 is 43.8. The minimum absolute atomic E-state index is 0.0954. The summed E-state index contributed by atoms with van der Waals surface area (Å²) in [6, 6.07) is 4.74. The molecule has 0 unspecified atom stereocenters. The van der Waals surface area contributed by atoms with Gasteiger partial charge in [0.1, 0.15) is 16.9 Å². The molecule has 2 aromatic heterocycles. The third kappa shape index (κ3) is 2.64. The van der Waals surface area contributed by atoms with Crippen molar-refractivity contribution in [1.29, 1.82) is 0 Å². The third-order valence-corrected chi connectivity index (χ3v) is 4.42. The summed E-state index contributed by atoms with van der Waals surface area (Å²) in [4.78, 5) is 10.1. The van der Waals surface area contributed by atoms with E-state index in [-0.39, 0.29) is 11.6 Å². The highest BCUT2D eigenvalue weighted by Crippen LogP contribution is 2.37. The highest BCUT2D eigenvalue weighted by Gasteiger charge is 2.30. The Balaban J connectivity index is 2.04. The minimum Gasteiger partial charge on any atom is -0.438 e. The number of halogens is 3. The molecule has 0 amide bonds. The Labute approximate surface area is 128 Å². The Morgan fingerprint density at radius 1 is 1.14 bits per heavy atom. The molecule has 114 valence electrons. The van der Waals surface area contributed by atoms with E-state index in [1.165, 1.54) is 29.8 Å². The maximum atomic E-state index is 12.7. The number of hydrogen-bond acceptors (Lipinski definition) is 4. The Kier molecular flexibility index (Phi) is 3.52. The molecule has 3 aromatic rings. The van der Waals surface area contributed by atoms with Crippen LogP contribution in [0.25, 0.3) is 10.2 Å². The first-order valence-electron chi connectivity index (χ1n) is 6.42. The van der Waals surface area contributed by atoms with Crippen LogP contribution in [-0.4, -0.2) is 9.97 Å². The van der Waals surface area contributed by atoms with Crippen LogP contribution in [0.4, 0.5) is 13.2 Å². The number of nitrogens with zero attached hydrogens (tertiary/aromatic N) is 2. The van der Waals surface area contributed by atoms with Crippen molar-refractivity contribution in [2.75, 3.05) is 0 Å². The number of aryl methyl sites for hydroxylation is 2. The summed E-state index contributed by atoms with van der Waals surface area (Å²) in [5, 5.41) is 0.738. The molecule has 0 aliphatic rings. The van der Waals surface area contributed by atoms with Crippen LogP contribution in [0.1, 0.15) is 16.0 Å². The van der Waals surface area contributed by atoms with Crippen molar-refractivity contribution in [2.24, 2.45) is 0 Å². The number of aromatic nitrogens is 2. The predicted octanol–water partition coefficient (Wildman–Crippen LogP) is 5.12. The maximum Gasteiger partial charge on any atom is 0.416 e. The molecule has 0 aliphatic heterocycles. The molecule has 1 aromatic carbocycles. The van der Waals surface area contributed by atoms with Crippen molar-refractivity contribution in [2.45, 2.75) is 20.0 Å². The smallest absolute Gasteiger partial charge is 0.416 e. The van der Waals surface area contributed by atoms with Crippen LogP contribution in [-0.2, 0) is 6.18 Å². The van der Waals surface area contributed by atoms with Crippen molar-refractivity contribution >= 4 is 21.6 Å². The molecule has 2 heterocycles. The summed E-state index contributed by atoms with van der Waals surface area (Å²) in [6.45, 7) is 3.87. The second kappa shape index (κ2) is 5.24. The maximum absolute atomic E-state index is 12.7. The first-order valence-corrected chi connectivity index (χ1v) is 7.23. The second-order valence-corrected chi connectivity index (χ2v) is 5.97.